The normalized spacial score (nSPS) is 11.5. The first-order chi connectivity index (χ1) is 17.0. The lowest BCUT2D eigenvalue weighted by atomic mass is 10.1. The van der Waals surface area contributed by atoms with Crippen molar-refractivity contribution in [1.29, 1.82) is 0 Å². The summed E-state index contributed by atoms with van der Waals surface area (Å²) < 4.78 is 0.693. The van der Waals surface area contributed by atoms with Crippen LogP contribution in [0.1, 0.15) is 44.8 Å². The number of nitrogens with zero attached hydrogens (tertiary/aromatic N) is 1. The van der Waals surface area contributed by atoms with Crippen LogP contribution in [-0.4, -0.2) is 44.2 Å². The number of carboxylic acids is 1. The molecule has 0 saturated heterocycles. The molecule has 0 saturated carbocycles. The highest BCUT2D eigenvalue weighted by molar-refractivity contribution is 6.31. The van der Waals surface area contributed by atoms with Crippen molar-refractivity contribution in [2.75, 3.05) is 6.54 Å². The molecule has 1 heterocycles. The van der Waals surface area contributed by atoms with Gasteiger partial charge in [0.1, 0.15) is 17.7 Å². The lowest BCUT2D eigenvalue weighted by Crippen LogP contribution is -2.37. The van der Waals surface area contributed by atoms with Crippen LogP contribution in [0, 0.1) is 0 Å². The highest BCUT2D eigenvalue weighted by atomic mass is 35.5. The minimum Gasteiger partial charge on any atom is -0.506 e. The number of carbonyl (C=O) groups excluding carboxylic acids is 2. The average molecular weight is 534 g/mol. The molecule has 0 fully saturated rings. The van der Waals surface area contributed by atoms with Gasteiger partial charge in [-0.3, -0.25) is 23.7 Å². The van der Waals surface area contributed by atoms with Gasteiger partial charge in [0.2, 0.25) is 5.88 Å². The molecule has 1 atom stereocenters. The van der Waals surface area contributed by atoms with Gasteiger partial charge in [-0.05, 0) is 36.2 Å². The zero-order valence-corrected chi connectivity index (χ0v) is 20.3. The number of pyridine rings is 1. The quantitative estimate of drug-likeness (QED) is 0.297. The number of aliphatic carboxylic acids is 1. The molecule has 0 aliphatic heterocycles. The monoisotopic (exact) mass is 533 g/mol. The van der Waals surface area contributed by atoms with Gasteiger partial charge < -0.3 is 26.0 Å². The number of carboxylic acid groups (broad SMARTS) is 1. The number of aromatic hydroxyl groups is 2. The van der Waals surface area contributed by atoms with Crippen molar-refractivity contribution in [2.24, 2.45) is 0 Å². The highest BCUT2D eigenvalue weighted by Gasteiger charge is 2.30. The molecule has 0 unspecified atom stereocenters. The van der Waals surface area contributed by atoms with Crippen LogP contribution >= 0.6 is 23.2 Å². The molecule has 0 aliphatic carbocycles. The SMILES string of the molecule is C[C@H](NC(=O)c1c(O)c(C(=O)NCC(=O)O)c(O)n(Cc2ccccc2Cl)c1=O)c1ccc(Cl)cc1. The average Bonchev–Trinajstić information content (AvgIpc) is 2.82. The largest absolute Gasteiger partial charge is 0.506 e. The third kappa shape index (κ3) is 5.78. The summed E-state index contributed by atoms with van der Waals surface area (Å²) in [4.78, 5) is 49.9. The minimum atomic E-state index is -1.39. The number of aromatic nitrogens is 1. The fourth-order valence-corrected chi connectivity index (χ4v) is 3.73. The van der Waals surface area contributed by atoms with Crippen molar-refractivity contribution in [3.05, 3.63) is 91.2 Å². The van der Waals surface area contributed by atoms with Crippen LogP contribution < -0.4 is 16.2 Å². The van der Waals surface area contributed by atoms with E-state index in [9.17, 15) is 29.4 Å². The Labute approximate surface area is 214 Å². The van der Waals surface area contributed by atoms with Gasteiger partial charge in [0.25, 0.3) is 17.4 Å². The van der Waals surface area contributed by atoms with Gasteiger partial charge in [-0.1, -0.05) is 53.5 Å². The predicted octanol–water partition coefficient (Wildman–Crippen LogP) is 2.92. The van der Waals surface area contributed by atoms with Crippen molar-refractivity contribution in [1.82, 2.24) is 15.2 Å². The number of benzene rings is 2. The first kappa shape index (κ1) is 26.6. The number of carbonyl (C=O) groups is 3. The van der Waals surface area contributed by atoms with E-state index < -0.39 is 58.7 Å². The third-order valence-electron chi connectivity index (χ3n) is 5.27. The van der Waals surface area contributed by atoms with Crippen LogP contribution in [0.2, 0.25) is 10.0 Å². The summed E-state index contributed by atoms with van der Waals surface area (Å²) >= 11 is 12.1. The first-order valence-electron chi connectivity index (χ1n) is 10.5. The summed E-state index contributed by atoms with van der Waals surface area (Å²) in [5.41, 5.74) is -1.74. The zero-order valence-electron chi connectivity index (χ0n) is 18.8. The van der Waals surface area contributed by atoms with Crippen molar-refractivity contribution < 1.29 is 29.7 Å². The third-order valence-corrected chi connectivity index (χ3v) is 5.89. The fourth-order valence-electron chi connectivity index (χ4n) is 3.40. The molecule has 1 aromatic heterocycles. The Morgan fingerprint density at radius 2 is 1.61 bits per heavy atom. The van der Waals surface area contributed by atoms with Crippen LogP contribution in [0.5, 0.6) is 11.6 Å². The van der Waals surface area contributed by atoms with E-state index in [0.29, 0.717) is 20.7 Å². The molecule has 12 heteroatoms. The molecule has 0 spiro atoms. The molecule has 5 N–H and O–H groups in total. The number of rotatable bonds is 8. The maximum atomic E-state index is 13.3. The van der Waals surface area contributed by atoms with Crippen LogP contribution in [-0.2, 0) is 11.3 Å². The van der Waals surface area contributed by atoms with Crippen LogP contribution in [0.4, 0.5) is 0 Å². The number of hydrogen-bond donors (Lipinski definition) is 5. The molecule has 10 nitrogen and oxygen atoms in total. The molecule has 2 amide bonds. The summed E-state index contributed by atoms with van der Waals surface area (Å²) in [6.07, 6.45) is 0. The van der Waals surface area contributed by atoms with E-state index in [4.69, 9.17) is 28.3 Å². The second kappa shape index (κ2) is 11.1. The molecular formula is C24H21Cl2N3O7. The van der Waals surface area contributed by atoms with Gasteiger partial charge in [-0.15, -0.1) is 0 Å². The molecule has 2 aromatic carbocycles. The van der Waals surface area contributed by atoms with Gasteiger partial charge >= 0.3 is 5.97 Å². The zero-order chi connectivity index (χ0) is 26.6. The van der Waals surface area contributed by atoms with E-state index in [1.165, 1.54) is 0 Å². The maximum Gasteiger partial charge on any atom is 0.322 e. The van der Waals surface area contributed by atoms with Crippen molar-refractivity contribution >= 4 is 41.0 Å². The lowest BCUT2D eigenvalue weighted by molar-refractivity contribution is -0.135. The van der Waals surface area contributed by atoms with Crippen molar-refractivity contribution in [2.45, 2.75) is 19.5 Å². The van der Waals surface area contributed by atoms with Crippen LogP contribution in [0.15, 0.2) is 53.3 Å². The maximum absolute atomic E-state index is 13.3. The molecular weight excluding hydrogens is 513 g/mol. The van der Waals surface area contributed by atoms with Crippen LogP contribution in [0.25, 0.3) is 0 Å². The summed E-state index contributed by atoms with van der Waals surface area (Å²) in [6, 6.07) is 12.3. The first-order valence-corrected chi connectivity index (χ1v) is 11.2. The van der Waals surface area contributed by atoms with E-state index in [-0.39, 0.29) is 11.6 Å². The van der Waals surface area contributed by atoms with E-state index in [1.54, 1.807) is 55.5 Å². The van der Waals surface area contributed by atoms with Gasteiger partial charge in [0.05, 0.1) is 12.6 Å². The standard InChI is InChI=1S/C24H21Cl2N3O7/c1-12(13-6-8-15(25)9-7-13)28-22(34)19-20(32)18(21(33)27-10-17(30)31)23(35)29(24(19)36)11-14-4-2-3-5-16(14)26/h2-9,12,32,35H,10-11H2,1H3,(H,27,33)(H,28,34)(H,30,31)/t12-/m0/s1. The Bertz CT molecular complexity index is 1390. The van der Waals surface area contributed by atoms with Crippen molar-refractivity contribution in [3.63, 3.8) is 0 Å². The molecule has 36 heavy (non-hydrogen) atoms. The van der Waals surface area contributed by atoms with Gasteiger partial charge in [0, 0.05) is 10.0 Å². The summed E-state index contributed by atoms with van der Waals surface area (Å²) in [5.74, 6) is -5.69. The number of amides is 2. The summed E-state index contributed by atoms with van der Waals surface area (Å²) in [5, 5.41) is 35.6. The lowest BCUT2D eigenvalue weighted by Gasteiger charge is -2.19. The molecule has 3 rings (SSSR count). The summed E-state index contributed by atoms with van der Waals surface area (Å²) in [7, 11) is 0. The van der Waals surface area contributed by atoms with Gasteiger partial charge in [-0.2, -0.15) is 0 Å². The molecule has 0 bridgehead atoms. The molecule has 3 aromatic rings. The number of hydrogen-bond acceptors (Lipinski definition) is 6. The van der Waals surface area contributed by atoms with Gasteiger partial charge in [-0.25, -0.2) is 0 Å². The van der Waals surface area contributed by atoms with E-state index in [1.807, 2.05) is 5.32 Å². The Kier molecular flexibility index (Phi) is 8.23. The molecule has 0 radical (unpaired) electrons. The van der Waals surface area contributed by atoms with E-state index in [0.717, 1.165) is 0 Å². The fraction of sp³-hybridized carbons (Fsp3) is 0.167. The molecule has 188 valence electrons. The Morgan fingerprint density at radius 1 is 0.972 bits per heavy atom. The summed E-state index contributed by atoms with van der Waals surface area (Å²) in [6.45, 7) is 0.439. The number of halogens is 2. The van der Waals surface area contributed by atoms with Gasteiger partial charge in [0.15, 0.2) is 5.75 Å². The smallest absolute Gasteiger partial charge is 0.322 e. The second-order valence-corrected chi connectivity index (χ2v) is 8.57. The Balaban J connectivity index is 2.11. The number of nitrogens with one attached hydrogen (secondary N) is 2. The Morgan fingerprint density at radius 3 is 2.22 bits per heavy atom. The predicted molar refractivity (Wildman–Crippen MR) is 132 cm³/mol. The van der Waals surface area contributed by atoms with E-state index in [2.05, 4.69) is 5.32 Å². The molecule has 0 aliphatic rings. The van der Waals surface area contributed by atoms with Crippen LogP contribution in [0.3, 0.4) is 0 Å². The van der Waals surface area contributed by atoms with E-state index >= 15 is 0 Å². The Hall–Kier alpha value is -4.02. The second-order valence-electron chi connectivity index (χ2n) is 7.73. The van der Waals surface area contributed by atoms with Crippen molar-refractivity contribution in [3.8, 4) is 11.6 Å². The highest BCUT2D eigenvalue weighted by Crippen LogP contribution is 2.30. The minimum absolute atomic E-state index is 0.246. The topological polar surface area (TPSA) is 158 Å².